The molecule has 1 N–H and O–H groups in total. The Morgan fingerprint density at radius 2 is 1.68 bits per heavy atom. The van der Waals surface area contributed by atoms with Gasteiger partial charge in [-0.15, -0.1) is 0 Å². The van der Waals surface area contributed by atoms with Crippen molar-refractivity contribution < 1.29 is 35.9 Å². The number of rotatable bonds is 7. The van der Waals surface area contributed by atoms with Gasteiger partial charge in [-0.25, -0.2) is 0 Å². The minimum absolute atomic E-state index is 0.0184. The number of benzene rings is 1. The first-order valence-corrected chi connectivity index (χ1v) is 11.0. The van der Waals surface area contributed by atoms with Crippen LogP contribution in [0.3, 0.4) is 0 Å². The van der Waals surface area contributed by atoms with E-state index in [0.29, 0.717) is 6.07 Å². The van der Waals surface area contributed by atoms with Gasteiger partial charge in [0.25, 0.3) is 5.91 Å². The van der Waals surface area contributed by atoms with E-state index < -0.39 is 41.9 Å². The molecule has 1 amide bonds. The molecule has 0 fully saturated rings. The number of nitrogens with zero attached hydrogens (tertiary/aromatic N) is 4. The third kappa shape index (κ3) is 6.96. The van der Waals surface area contributed by atoms with E-state index in [1.807, 2.05) is 6.07 Å². The van der Waals surface area contributed by atoms with Gasteiger partial charge in [0.15, 0.2) is 6.61 Å². The summed E-state index contributed by atoms with van der Waals surface area (Å²) in [5, 5.41) is 12.0. The Morgan fingerprint density at radius 1 is 1.03 bits per heavy atom. The van der Waals surface area contributed by atoms with Gasteiger partial charge in [0.1, 0.15) is 11.4 Å². The quantitative estimate of drug-likeness (QED) is 0.383. The molecule has 0 aliphatic carbocycles. The molecule has 0 aliphatic heterocycles. The first-order chi connectivity index (χ1) is 17.6. The number of carbonyl (C=O) groups is 1. The monoisotopic (exact) mass is 537 g/mol. The lowest BCUT2D eigenvalue weighted by atomic mass is 9.84. The van der Waals surface area contributed by atoms with Crippen LogP contribution < -0.4 is 10.1 Å². The van der Waals surface area contributed by atoms with Crippen LogP contribution in [0.2, 0.25) is 0 Å². The predicted molar refractivity (Wildman–Crippen MR) is 123 cm³/mol. The van der Waals surface area contributed by atoms with Crippen molar-refractivity contribution in [1.29, 1.82) is 5.26 Å². The number of pyridine rings is 1. The zero-order chi connectivity index (χ0) is 28.3. The maximum atomic E-state index is 13.5. The van der Waals surface area contributed by atoms with Crippen molar-refractivity contribution in [2.45, 2.75) is 44.6 Å². The SMILES string of the molecule is CC(NC(=O)c1cc(C(F)(F)F)cc(C(C)(C)C#N)c1)c1nccnc1-c1ccc(OCC(F)(F)F)cn1. The molecule has 0 aliphatic rings. The minimum Gasteiger partial charge on any atom is -0.483 e. The molecule has 0 bridgehead atoms. The number of alkyl halides is 6. The van der Waals surface area contributed by atoms with Gasteiger partial charge >= 0.3 is 12.4 Å². The van der Waals surface area contributed by atoms with E-state index in [1.165, 1.54) is 51.4 Å². The highest BCUT2D eigenvalue weighted by atomic mass is 19.4. The van der Waals surface area contributed by atoms with Crippen LogP contribution in [0.5, 0.6) is 5.75 Å². The van der Waals surface area contributed by atoms with Crippen molar-refractivity contribution in [2.24, 2.45) is 0 Å². The number of hydrogen-bond donors (Lipinski definition) is 1. The van der Waals surface area contributed by atoms with Crippen molar-refractivity contribution >= 4 is 5.91 Å². The molecule has 0 saturated carbocycles. The number of aromatic nitrogens is 3. The van der Waals surface area contributed by atoms with Crippen molar-refractivity contribution in [3.05, 3.63) is 71.3 Å². The topological polar surface area (TPSA) is 101 Å². The highest BCUT2D eigenvalue weighted by Crippen LogP contribution is 2.34. The molecule has 1 aromatic carbocycles. The van der Waals surface area contributed by atoms with Crippen molar-refractivity contribution in [2.75, 3.05) is 6.61 Å². The van der Waals surface area contributed by atoms with Gasteiger partial charge in [-0.2, -0.15) is 31.6 Å². The van der Waals surface area contributed by atoms with E-state index in [-0.39, 0.29) is 34.0 Å². The van der Waals surface area contributed by atoms with Crippen LogP contribution in [0.1, 0.15) is 54.0 Å². The summed E-state index contributed by atoms with van der Waals surface area (Å²) in [6.45, 7) is 2.91. The number of hydrogen-bond acceptors (Lipinski definition) is 6. The Bertz CT molecular complexity index is 1350. The van der Waals surface area contributed by atoms with Crippen molar-refractivity contribution in [1.82, 2.24) is 20.3 Å². The van der Waals surface area contributed by atoms with Gasteiger partial charge in [-0.05, 0) is 56.7 Å². The summed E-state index contributed by atoms with van der Waals surface area (Å²) < 4.78 is 82.2. The van der Waals surface area contributed by atoms with Gasteiger partial charge in [-0.3, -0.25) is 19.7 Å². The second kappa shape index (κ2) is 10.6. The maximum absolute atomic E-state index is 13.5. The highest BCUT2D eigenvalue weighted by molar-refractivity contribution is 5.95. The van der Waals surface area contributed by atoms with E-state index in [0.717, 1.165) is 12.3 Å². The summed E-state index contributed by atoms with van der Waals surface area (Å²) in [6, 6.07) is 6.42. The first kappa shape index (κ1) is 28.4. The molecular weight excluding hydrogens is 516 g/mol. The Kier molecular flexibility index (Phi) is 7.95. The molecule has 2 heterocycles. The molecule has 0 radical (unpaired) electrons. The minimum atomic E-state index is -4.75. The Balaban J connectivity index is 1.88. The van der Waals surface area contributed by atoms with Gasteiger partial charge in [0, 0.05) is 18.0 Å². The van der Waals surface area contributed by atoms with Gasteiger partial charge < -0.3 is 10.1 Å². The molecule has 3 aromatic rings. The van der Waals surface area contributed by atoms with E-state index in [2.05, 4.69) is 25.0 Å². The lowest BCUT2D eigenvalue weighted by Crippen LogP contribution is -2.29. The first-order valence-electron chi connectivity index (χ1n) is 11.0. The summed E-state index contributed by atoms with van der Waals surface area (Å²) in [5.74, 6) is -0.974. The van der Waals surface area contributed by atoms with Crippen LogP contribution in [0.15, 0.2) is 48.9 Å². The van der Waals surface area contributed by atoms with E-state index in [9.17, 15) is 36.4 Å². The highest BCUT2D eigenvalue weighted by Gasteiger charge is 2.34. The van der Waals surface area contributed by atoms with Gasteiger partial charge in [0.05, 0.1) is 40.7 Å². The third-order valence-corrected chi connectivity index (χ3v) is 5.39. The van der Waals surface area contributed by atoms with E-state index in [4.69, 9.17) is 0 Å². The molecule has 0 spiro atoms. The van der Waals surface area contributed by atoms with Crippen LogP contribution in [-0.4, -0.2) is 33.6 Å². The number of carbonyl (C=O) groups excluding carboxylic acids is 1. The van der Waals surface area contributed by atoms with Gasteiger partial charge in [0.2, 0.25) is 0 Å². The smallest absolute Gasteiger partial charge is 0.422 e. The molecule has 7 nitrogen and oxygen atoms in total. The zero-order valence-electron chi connectivity index (χ0n) is 20.3. The lowest BCUT2D eigenvalue weighted by molar-refractivity contribution is -0.153. The summed E-state index contributed by atoms with van der Waals surface area (Å²) in [4.78, 5) is 25.4. The standard InChI is InChI=1S/C25H21F6N5O2/c1-14(36-22(37)15-8-16(23(2,3)12-32)10-17(9-15)25(29,30)31)20-21(34-7-6-33-20)19-5-4-18(11-35-19)38-13-24(26,27)28/h4-11,14H,13H2,1-3H3,(H,36,37). The number of nitriles is 1. The summed E-state index contributed by atoms with van der Waals surface area (Å²) in [5.41, 5.74) is -2.04. The molecule has 1 atom stereocenters. The molecule has 3 rings (SSSR count). The number of halogens is 6. The molecule has 1 unspecified atom stereocenters. The predicted octanol–water partition coefficient (Wildman–Crippen LogP) is 5.79. The van der Waals surface area contributed by atoms with Crippen LogP contribution in [0, 0.1) is 11.3 Å². The van der Waals surface area contributed by atoms with Crippen LogP contribution in [0.25, 0.3) is 11.4 Å². The summed E-state index contributed by atoms with van der Waals surface area (Å²) >= 11 is 0. The maximum Gasteiger partial charge on any atom is 0.422 e. The van der Waals surface area contributed by atoms with E-state index in [1.54, 1.807) is 0 Å². The Morgan fingerprint density at radius 3 is 2.26 bits per heavy atom. The molecule has 0 saturated heterocycles. The average molecular weight is 537 g/mol. The molecular formula is C25H21F6N5O2. The lowest BCUT2D eigenvalue weighted by Gasteiger charge is -2.21. The summed E-state index contributed by atoms with van der Waals surface area (Å²) in [6.07, 6.45) is -5.52. The zero-order valence-corrected chi connectivity index (χ0v) is 20.3. The number of nitrogens with one attached hydrogen (secondary N) is 1. The van der Waals surface area contributed by atoms with E-state index >= 15 is 0 Å². The van der Waals surface area contributed by atoms with Crippen LogP contribution in [-0.2, 0) is 11.6 Å². The average Bonchev–Trinajstić information content (AvgIpc) is 2.86. The Labute approximate surface area is 213 Å². The fraction of sp³-hybridized carbons (Fsp3) is 0.320. The molecule has 2 aromatic heterocycles. The molecule has 200 valence electrons. The summed E-state index contributed by atoms with van der Waals surface area (Å²) in [7, 11) is 0. The normalized spacial score (nSPS) is 12.9. The van der Waals surface area contributed by atoms with Gasteiger partial charge in [-0.1, -0.05) is 0 Å². The number of ether oxygens (including phenoxy) is 1. The second-order valence-corrected chi connectivity index (χ2v) is 8.80. The van der Waals surface area contributed by atoms with Crippen molar-refractivity contribution in [3.8, 4) is 23.2 Å². The van der Waals surface area contributed by atoms with Crippen molar-refractivity contribution in [3.63, 3.8) is 0 Å². The van der Waals surface area contributed by atoms with Crippen LogP contribution in [0.4, 0.5) is 26.3 Å². The largest absolute Gasteiger partial charge is 0.483 e. The third-order valence-electron chi connectivity index (χ3n) is 5.39. The Hall–Kier alpha value is -4.21. The fourth-order valence-corrected chi connectivity index (χ4v) is 3.33. The molecule has 13 heteroatoms. The second-order valence-electron chi connectivity index (χ2n) is 8.80. The fourth-order valence-electron chi connectivity index (χ4n) is 3.33. The molecule has 38 heavy (non-hydrogen) atoms. The number of amides is 1. The van der Waals surface area contributed by atoms with Crippen LogP contribution >= 0.6 is 0 Å².